The number of ether oxygens (including phenoxy) is 1. The number of hydrazine groups is 1. The molecule has 4 N–H and O–H groups in total. The van der Waals surface area contributed by atoms with Crippen LogP contribution in [0.3, 0.4) is 0 Å². The SMILES string of the molecule is CCOC(=O)CC(O)C(=O)NN. The van der Waals surface area contributed by atoms with Crippen molar-refractivity contribution in [1.82, 2.24) is 5.43 Å². The summed E-state index contributed by atoms with van der Waals surface area (Å²) in [6.45, 7) is 1.85. The first-order valence-corrected chi connectivity index (χ1v) is 3.46. The van der Waals surface area contributed by atoms with Crippen molar-refractivity contribution in [3.05, 3.63) is 0 Å². The summed E-state index contributed by atoms with van der Waals surface area (Å²) in [7, 11) is 0. The number of aliphatic hydroxyl groups excluding tert-OH is 1. The van der Waals surface area contributed by atoms with Crippen LogP contribution in [0.2, 0.25) is 0 Å². The van der Waals surface area contributed by atoms with Crippen molar-refractivity contribution < 1.29 is 19.4 Å². The van der Waals surface area contributed by atoms with Crippen LogP contribution in [0.1, 0.15) is 13.3 Å². The van der Waals surface area contributed by atoms with Gasteiger partial charge in [-0.1, -0.05) is 0 Å². The van der Waals surface area contributed by atoms with E-state index in [9.17, 15) is 9.59 Å². The summed E-state index contributed by atoms with van der Waals surface area (Å²) in [4.78, 5) is 21.2. The van der Waals surface area contributed by atoms with Crippen molar-refractivity contribution in [1.29, 1.82) is 0 Å². The predicted octanol–water partition coefficient (Wildman–Crippen LogP) is -1.71. The summed E-state index contributed by atoms with van der Waals surface area (Å²) < 4.78 is 4.49. The monoisotopic (exact) mass is 176 g/mol. The third-order valence-electron chi connectivity index (χ3n) is 1.11. The van der Waals surface area contributed by atoms with Crippen LogP contribution in [0.5, 0.6) is 0 Å². The molecular formula is C6H12N2O4. The van der Waals surface area contributed by atoms with Crippen molar-refractivity contribution in [2.75, 3.05) is 6.61 Å². The molecule has 0 aliphatic carbocycles. The molecule has 0 rings (SSSR count). The second-order valence-electron chi connectivity index (χ2n) is 2.03. The topological polar surface area (TPSA) is 102 Å². The molecule has 0 aliphatic rings. The number of nitrogens with one attached hydrogen (secondary N) is 1. The van der Waals surface area contributed by atoms with Crippen molar-refractivity contribution in [2.45, 2.75) is 19.4 Å². The second kappa shape index (κ2) is 5.50. The van der Waals surface area contributed by atoms with Crippen molar-refractivity contribution in [3.8, 4) is 0 Å². The molecule has 0 saturated carbocycles. The summed E-state index contributed by atoms with van der Waals surface area (Å²) >= 11 is 0. The van der Waals surface area contributed by atoms with E-state index in [4.69, 9.17) is 10.9 Å². The number of aliphatic hydroxyl groups is 1. The molecule has 0 aliphatic heterocycles. The molecule has 0 heterocycles. The zero-order valence-electron chi connectivity index (χ0n) is 6.74. The van der Waals surface area contributed by atoms with Gasteiger partial charge in [0.05, 0.1) is 13.0 Å². The highest BCUT2D eigenvalue weighted by molar-refractivity contribution is 5.84. The molecule has 1 amide bonds. The van der Waals surface area contributed by atoms with E-state index in [0.717, 1.165) is 0 Å². The van der Waals surface area contributed by atoms with E-state index in [1.54, 1.807) is 12.3 Å². The zero-order valence-corrected chi connectivity index (χ0v) is 6.74. The lowest BCUT2D eigenvalue weighted by atomic mass is 10.2. The minimum absolute atomic E-state index is 0.218. The van der Waals surface area contributed by atoms with Gasteiger partial charge in [0.25, 0.3) is 5.91 Å². The maximum absolute atomic E-state index is 10.7. The second-order valence-corrected chi connectivity index (χ2v) is 2.03. The number of hydrogen-bond acceptors (Lipinski definition) is 5. The molecule has 1 unspecified atom stereocenters. The van der Waals surface area contributed by atoms with Crippen LogP contribution in [0, 0.1) is 0 Å². The number of hydrogen-bond donors (Lipinski definition) is 3. The van der Waals surface area contributed by atoms with Gasteiger partial charge in [-0.15, -0.1) is 0 Å². The molecule has 70 valence electrons. The Hall–Kier alpha value is -1.14. The molecule has 0 radical (unpaired) electrons. The zero-order chi connectivity index (χ0) is 9.56. The quantitative estimate of drug-likeness (QED) is 0.205. The molecule has 0 aromatic rings. The van der Waals surface area contributed by atoms with E-state index in [0.29, 0.717) is 0 Å². The number of carbonyl (C=O) groups excluding carboxylic acids is 2. The Kier molecular flexibility index (Phi) is 4.98. The Balaban J connectivity index is 3.75. The first kappa shape index (κ1) is 10.9. The van der Waals surface area contributed by atoms with Gasteiger partial charge in [0.2, 0.25) is 0 Å². The van der Waals surface area contributed by atoms with Crippen molar-refractivity contribution in [2.24, 2.45) is 5.84 Å². The van der Waals surface area contributed by atoms with Gasteiger partial charge >= 0.3 is 5.97 Å². The molecule has 0 bridgehead atoms. The molecule has 12 heavy (non-hydrogen) atoms. The van der Waals surface area contributed by atoms with E-state index in [1.165, 1.54) is 0 Å². The van der Waals surface area contributed by atoms with Gasteiger partial charge in [0.15, 0.2) is 0 Å². The highest BCUT2D eigenvalue weighted by Gasteiger charge is 2.18. The first-order valence-electron chi connectivity index (χ1n) is 3.46. The highest BCUT2D eigenvalue weighted by Crippen LogP contribution is 1.93. The minimum Gasteiger partial charge on any atom is -0.466 e. The maximum atomic E-state index is 10.7. The number of carbonyl (C=O) groups is 2. The van der Waals surface area contributed by atoms with Crippen LogP contribution >= 0.6 is 0 Å². The number of rotatable bonds is 4. The van der Waals surface area contributed by atoms with Gasteiger partial charge < -0.3 is 9.84 Å². The van der Waals surface area contributed by atoms with Crippen LogP contribution in [-0.4, -0.2) is 29.7 Å². The Morgan fingerprint density at radius 3 is 2.67 bits per heavy atom. The third-order valence-corrected chi connectivity index (χ3v) is 1.11. The van der Waals surface area contributed by atoms with E-state index >= 15 is 0 Å². The Morgan fingerprint density at radius 1 is 1.67 bits per heavy atom. The Morgan fingerprint density at radius 2 is 2.25 bits per heavy atom. The Bertz CT molecular complexity index is 171. The van der Waals surface area contributed by atoms with Gasteiger partial charge in [-0.25, -0.2) is 5.84 Å². The minimum atomic E-state index is -1.44. The fourth-order valence-electron chi connectivity index (χ4n) is 0.567. The third kappa shape index (κ3) is 3.89. The van der Waals surface area contributed by atoms with Gasteiger partial charge in [-0.05, 0) is 6.92 Å². The van der Waals surface area contributed by atoms with E-state index in [2.05, 4.69) is 4.74 Å². The number of esters is 1. The van der Waals surface area contributed by atoms with Gasteiger partial charge in [-0.3, -0.25) is 15.0 Å². The highest BCUT2D eigenvalue weighted by atomic mass is 16.5. The van der Waals surface area contributed by atoms with Crippen LogP contribution in [0.25, 0.3) is 0 Å². The standard InChI is InChI=1S/C6H12N2O4/c1-2-12-5(10)3-4(9)6(11)8-7/h4,9H,2-3,7H2,1H3,(H,8,11). The molecule has 0 aromatic carbocycles. The van der Waals surface area contributed by atoms with Crippen LogP contribution < -0.4 is 11.3 Å². The average Bonchev–Trinajstić information content (AvgIpc) is 2.03. The molecule has 0 saturated heterocycles. The smallest absolute Gasteiger partial charge is 0.308 e. The molecular weight excluding hydrogens is 164 g/mol. The van der Waals surface area contributed by atoms with Crippen LogP contribution in [-0.2, 0) is 14.3 Å². The van der Waals surface area contributed by atoms with Gasteiger partial charge in [0, 0.05) is 0 Å². The van der Waals surface area contributed by atoms with Gasteiger partial charge in [0.1, 0.15) is 6.10 Å². The number of amides is 1. The Labute approximate surface area is 69.7 Å². The molecule has 1 atom stereocenters. The summed E-state index contributed by atoms with van der Waals surface area (Å²) in [5.74, 6) is 3.28. The lowest BCUT2D eigenvalue weighted by Gasteiger charge is -2.07. The average molecular weight is 176 g/mol. The summed E-state index contributed by atoms with van der Waals surface area (Å²) in [6, 6.07) is 0. The van der Waals surface area contributed by atoms with Crippen molar-refractivity contribution >= 4 is 11.9 Å². The molecule has 0 spiro atoms. The van der Waals surface area contributed by atoms with E-state index in [1.807, 2.05) is 0 Å². The molecule has 0 aromatic heterocycles. The van der Waals surface area contributed by atoms with Crippen molar-refractivity contribution in [3.63, 3.8) is 0 Å². The lowest BCUT2D eigenvalue weighted by Crippen LogP contribution is -2.40. The van der Waals surface area contributed by atoms with Crippen LogP contribution in [0.4, 0.5) is 0 Å². The fourth-order valence-corrected chi connectivity index (χ4v) is 0.567. The normalized spacial score (nSPS) is 11.9. The summed E-state index contributed by atoms with van der Waals surface area (Å²) in [5.41, 5.74) is 1.72. The summed E-state index contributed by atoms with van der Waals surface area (Å²) in [5, 5.41) is 8.92. The van der Waals surface area contributed by atoms with E-state index in [-0.39, 0.29) is 13.0 Å². The fraction of sp³-hybridized carbons (Fsp3) is 0.667. The summed E-state index contributed by atoms with van der Waals surface area (Å²) in [6.07, 6.45) is -1.81. The number of nitrogens with two attached hydrogens (primary N) is 1. The molecule has 6 heteroatoms. The van der Waals surface area contributed by atoms with Gasteiger partial charge in [-0.2, -0.15) is 0 Å². The first-order chi connectivity index (χ1) is 5.61. The molecule has 0 fully saturated rings. The van der Waals surface area contributed by atoms with Crippen LogP contribution in [0.15, 0.2) is 0 Å². The largest absolute Gasteiger partial charge is 0.466 e. The van der Waals surface area contributed by atoms with E-state index < -0.39 is 18.0 Å². The predicted molar refractivity (Wildman–Crippen MR) is 39.6 cm³/mol. The molecule has 6 nitrogen and oxygen atoms in total. The lowest BCUT2D eigenvalue weighted by molar-refractivity contribution is -0.148. The maximum Gasteiger partial charge on any atom is 0.308 e.